The Morgan fingerprint density at radius 2 is 1.82 bits per heavy atom. The summed E-state index contributed by atoms with van der Waals surface area (Å²) in [6.07, 6.45) is 4.77. The number of hydrogen-bond donors (Lipinski definition) is 0. The third-order valence-corrected chi connectivity index (χ3v) is 7.27. The second kappa shape index (κ2) is 11.5. The lowest BCUT2D eigenvalue weighted by molar-refractivity contribution is -0.305. The summed E-state index contributed by atoms with van der Waals surface area (Å²) in [6, 6.07) is 23.3. The molecule has 4 aromatic rings. The number of halogens is 1. The van der Waals surface area contributed by atoms with Crippen LogP contribution in [0.15, 0.2) is 79.0 Å². The van der Waals surface area contributed by atoms with Crippen LogP contribution in [0.4, 0.5) is 0 Å². The fraction of sp³-hybridized carbons (Fsp3) is 0.250. The largest absolute Gasteiger partial charge is 0.549 e. The first-order valence-electron chi connectivity index (χ1n) is 11.5. The van der Waals surface area contributed by atoms with Crippen LogP contribution in [-0.4, -0.2) is 22.9 Å². The smallest absolute Gasteiger partial charge is 0.123 e. The Bertz CT molecular complexity index is 1240. The maximum absolute atomic E-state index is 11.6. The molecule has 0 fully saturated rings. The van der Waals surface area contributed by atoms with E-state index in [1.54, 1.807) is 0 Å². The van der Waals surface area contributed by atoms with Crippen molar-refractivity contribution in [2.75, 3.05) is 12.4 Å². The monoisotopic (exact) mass is 492 g/mol. The molecule has 1 aromatic heterocycles. The Morgan fingerprint density at radius 3 is 2.53 bits per heavy atom. The van der Waals surface area contributed by atoms with Crippen LogP contribution in [0.3, 0.4) is 0 Å². The number of nitrogens with zero attached hydrogens (tertiary/aromatic N) is 1. The van der Waals surface area contributed by atoms with Crippen molar-refractivity contribution in [2.45, 2.75) is 31.4 Å². The van der Waals surface area contributed by atoms with Gasteiger partial charge in [0.2, 0.25) is 0 Å². The van der Waals surface area contributed by atoms with E-state index in [-0.39, 0.29) is 0 Å². The van der Waals surface area contributed by atoms with Gasteiger partial charge in [0.15, 0.2) is 0 Å². The molecule has 0 saturated heterocycles. The van der Waals surface area contributed by atoms with Crippen molar-refractivity contribution in [3.05, 3.63) is 95.1 Å². The molecule has 3 aromatic carbocycles. The van der Waals surface area contributed by atoms with Crippen molar-refractivity contribution in [3.8, 4) is 11.4 Å². The summed E-state index contributed by atoms with van der Waals surface area (Å²) in [7, 11) is 0. The number of benzene rings is 3. The van der Waals surface area contributed by atoms with Gasteiger partial charge < -0.3 is 19.2 Å². The average molecular weight is 493 g/mol. The molecule has 176 valence electrons. The van der Waals surface area contributed by atoms with Crippen LogP contribution in [0.25, 0.3) is 16.6 Å². The maximum Gasteiger partial charge on any atom is 0.123 e. The van der Waals surface area contributed by atoms with Gasteiger partial charge in [0.05, 0.1) is 23.3 Å². The van der Waals surface area contributed by atoms with E-state index in [2.05, 4.69) is 29.8 Å². The number of aliphatic carboxylic acids is 1. The number of aromatic nitrogens is 1. The Kier molecular flexibility index (Phi) is 8.20. The van der Waals surface area contributed by atoms with Gasteiger partial charge in [0.1, 0.15) is 5.75 Å². The third kappa shape index (κ3) is 5.60. The van der Waals surface area contributed by atoms with Crippen LogP contribution >= 0.6 is 23.4 Å². The minimum absolute atomic E-state index is 0.529. The number of hydrogen-bond acceptors (Lipinski definition) is 4. The van der Waals surface area contributed by atoms with Crippen molar-refractivity contribution >= 4 is 40.2 Å². The molecule has 6 heteroatoms. The summed E-state index contributed by atoms with van der Waals surface area (Å²) in [5.74, 6) is 0.511. The average Bonchev–Trinajstić information content (AvgIpc) is 3.28. The van der Waals surface area contributed by atoms with E-state index < -0.39 is 11.2 Å². The van der Waals surface area contributed by atoms with Crippen LogP contribution in [-0.2, 0) is 11.2 Å². The number of ether oxygens (including phenoxy) is 1. The van der Waals surface area contributed by atoms with Gasteiger partial charge >= 0.3 is 0 Å². The standard InChI is InChI=1S/C28H28ClNO3S/c1-2-7-24-23-16-17-30(22-12-10-21(29)11-13-22)25(23)14-15-26(24)33-18-6-19-34-27(28(31)32)20-8-4-3-5-9-20/h3-5,8-17,27H,2,6-7,18-19H2,1H3,(H,31,32)/p-1. The van der Waals surface area contributed by atoms with E-state index in [1.807, 2.05) is 60.7 Å². The van der Waals surface area contributed by atoms with E-state index in [9.17, 15) is 9.90 Å². The van der Waals surface area contributed by atoms with E-state index in [0.717, 1.165) is 46.8 Å². The Labute approximate surface area is 209 Å². The Morgan fingerprint density at radius 1 is 1.06 bits per heavy atom. The molecule has 34 heavy (non-hydrogen) atoms. The van der Waals surface area contributed by atoms with Crippen LogP contribution in [0.2, 0.25) is 5.02 Å². The predicted molar refractivity (Wildman–Crippen MR) is 139 cm³/mol. The highest BCUT2D eigenvalue weighted by molar-refractivity contribution is 8.00. The highest BCUT2D eigenvalue weighted by atomic mass is 35.5. The number of fused-ring (bicyclic) bond motifs is 1. The van der Waals surface area contributed by atoms with Gasteiger partial charge in [0, 0.05) is 27.9 Å². The molecule has 4 nitrogen and oxygen atoms in total. The topological polar surface area (TPSA) is 54.3 Å². The van der Waals surface area contributed by atoms with Crippen molar-refractivity contribution in [1.29, 1.82) is 0 Å². The molecule has 0 aliphatic rings. The number of rotatable bonds is 11. The molecule has 0 aliphatic carbocycles. The second-order valence-electron chi connectivity index (χ2n) is 8.07. The van der Waals surface area contributed by atoms with Crippen molar-refractivity contribution in [1.82, 2.24) is 4.57 Å². The zero-order chi connectivity index (χ0) is 23.9. The van der Waals surface area contributed by atoms with Gasteiger partial charge in [-0.25, -0.2) is 0 Å². The van der Waals surface area contributed by atoms with E-state index in [1.165, 1.54) is 22.7 Å². The summed E-state index contributed by atoms with van der Waals surface area (Å²) >= 11 is 7.44. The molecule has 0 amide bonds. The highest BCUT2D eigenvalue weighted by Crippen LogP contribution is 2.33. The molecule has 0 spiro atoms. The minimum Gasteiger partial charge on any atom is -0.549 e. The van der Waals surface area contributed by atoms with E-state index >= 15 is 0 Å². The lowest BCUT2D eigenvalue weighted by Gasteiger charge is -2.18. The summed E-state index contributed by atoms with van der Waals surface area (Å²) in [6.45, 7) is 2.70. The molecule has 1 heterocycles. The summed E-state index contributed by atoms with van der Waals surface area (Å²) in [4.78, 5) is 11.6. The summed E-state index contributed by atoms with van der Waals surface area (Å²) in [5, 5.41) is 12.8. The second-order valence-corrected chi connectivity index (χ2v) is 9.72. The molecule has 1 atom stereocenters. The van der Waals surface area contributed by atoms with Gasteiger partial charge in [-0.2, -0.15) is 0 Å². The zero-order valence-electron chi connectivity index (χ0n) is 19.1. The fourth-order valence-electron chi connectivity index (χ4n) is 4.10. The predicted octanol–water partition coefficient (Wildman–Crippen LogP) is 6.23. The molecule has 0 aliphatic heterocycles. The van der Waals surface area contributed by atoms with Gasteiger partial charge in [-0.3, -0.25) is 0 Å². The van der Waals surface area contributed by atoms with Crippen LogP contribution < -0.4 is 9.84 Å². The first kappa shape index (κ1) is 24.2. The Balaban J connectivity index is 1.43. The molecule has 1 unspecified atom stereocenters. The van der Waals surface area contributed by atoms with Crippen molar-refractivity contribution in [3.63, 3.8) is 0 Å². The van der Waals surface area contributed by atoms with Crippen LogP contribution in [0, 0.1) is 0 Å². The van der Waals surface area contributed by atoms with Gasteiger partial charge in [0.25, 0.3) is 0 Å². The van der Waals surface area contributed by atoms with Crippen molar-refractivity contribution < 1.29 is 14.6 Å². The van der Waals surface area contributed by atoms with E-state index in [0.29, 0.717) is 12.4 Å². The molecule has 0 saturated carbocycles. The van der Waals surface area contributed by atoms with Gasteiger partial charge in [-0.1, -0.05) is 55.3 Å². The number of aryl methyl sites for hydroxylation is 1. The number of carbonyl (C=O) groups excluding carboxylic acids is 1. The molecule has 4 rings (SSSR count). The van der Waals surface area contributed by atoms with Crippen LogP contribution in [0.1, 0.15) is 36.1 Å². The molecule has 0 bridgehead atoms. The fourth-order valence-corrected chi connectivity index (χ4v) is 5.23. The first-order chi connectivity index (χ1) is 16.6. The SMILES string of the molecule is CCCc1c(OCCCSC(C(=O)[O-])c2ccccc2)ccc2c1ccn2-c1ccc(Cl)cc1. The lowest BCUT2D eigenvalue weighted by Crippen LogP contribution is -2.28. The summed E-state index contributed by atoms with van der Waals surface area (Å²) < 4.78 is 8.34. The number of carbonyl (C=O) groups is 1. The lowest BCUT2D eigenvalue weighted by atomic mass is 10.0. The minimum atomic E-state index is -1.06. The van der Waals surface area contributed by atoms with Gasteiger partial charge in [-0.15, -0.1) is 11.8 Å². The van der Waals surface area contributed by atoms with Crippen LogP contribution in [0.5, 0.6) is 5.75 Å². The zero-order valence-corrected chi connectivity index (χ0v) is 20.6. The maximum atomic E-state index is 11.6. The molecular weight excluding hydrogens is 466 g/mol. The quantitative estimate of drug-likeness (QED) is 0.233. The molecular formula is C28H27ClNO3S-. The van der Waals surface area contributed by atoms with Gasteiger partial charge in [-0.05, 0) is 66.6 Å². The normalized spacial score (nSPS) is 12.1. The number of carboxylic acid groups (broad SMARTS) is 1. The highest BCUT2D eigenvalue weighted by Gasteiger charge is 2.14. The van der Waals surface area contributed by atoms with Crippen molar-refractivity contribution in [2.24, 2.45) is 0 Å². The first-order valence-corrected chi connectivity index (χ1v) is 12.9. The number of carboxylic acids is 1. The van der Waals surface area contributed by atoms with E-state index in [4.69, 9.17) is 16.3 Å². The molecule has 0 radical (unpaired) electrons. The third-order valence-electron chi connectivity index (χ3n) is 5.69. The molecule has 0 N–H and O–H groups in total. The summed E-state index contributed by atoms with van der Waals surface area (Å²) in [5.41, 5.74) is 4.16. The Hall–Kier alpha value is -2.89. The number of thioether (sulfide) groups is 1.